The Hall–Kier alpha value is 0.207. The van der Waals surface area contributed by atoms with Gasteiger partial charge in [0.1, 0.15) is 0 Å². The summed E-state index contributed by atoms with van der Waals surface area (Å²) in [6, 6.07) is 0. The molecule has 0 fully saturated rings. The Morgan fingerprint density at radius 2 is 2.00 bits per heavy atom. The van der Waals surface area contributed by atoms with Crippen LogP contribution in [0, 0.1) is 0 Å². The molecule has 0 saturated carbocycles. The van der Waals surface area contributed by atoms with Crippen molar-refractivity contribution in [3.63, 3.8) is 0 Å². The predicted molar refractivity (Wildman–Crippen MR) is 37.9 cm³/mol. The van der Waals surface area contributed by atoms with Gasteiger partial charge in [-0.15, -0.1) is 6.58 Å². The predicted octanol–water partition coefficient (Wildman–Crippen LogP) is 3.10. The second kappa shape index (κ2) is 3.39. The largest absolute Gasteiger partial charge is 0.405 e. The van der Waals surface area contributed by atoms with E-state index in [9.17, 15) is 8.39 Å². The molecule has 0 aromatic rings. The lowest BCUT2D eigenvalue weighted by Crippen LogP contribution is -2.23. The van der Waals surface area contributed by atoms with Gasteiger partial charge in [-0.25, -0.2) is 0 Å². The van der Waals surface area contributed by atoms with Gasteiger partial charge in [0.25, 0.3) is 0 Å². The highest BCUT2D eigenvalue weighted by Gasteiger charge is 2.23. The van der Waals surface area contributed by atoms with Crippen LogP contribution in [0.5, 0.6) is 0 Å². The summed E-state index contributed by atoms with van der Waals surface area (Å²) in [6.45, 7) is 6.75. The third kappa shape index (κ3) is 4.69. The first kappa shape index (κ1) is 9.21. The summed E-state index contributed by atoms with van der Waals surface area (Å²) in [6.07, 6.45) is 0. The summed E-state index contributed by atoms with van der Waals surface area (Å²) in [7, 11) is -5.40. The summed E-state index contributed by atoms with van der Waals surface area (Å²) in [5, 5.41) is 0. The van der Waals surface area contributed by atoms with Crippen LogP contribution in [0.25, 0.3) is 0 Å². The molecule has 0 aliphatic carbocycles. The van der Waals surface area contributed by atoms with Crippen LogP contribution in [0.3, 0.4) is 0 Å². The molecule has 1 nitrogen and oxygen atoms in total. The molecule has 0 spiro atoms. The Morgan fingerprint density at radius 3 is 2.11 bits per heavy atom. The molecule has 0 rings (SSSR count). The van der Waals surface area contributed by atoms with Crippen molar-refractivity contribution in [3.05, 3.63) is 12.3 Å². The van der Waals surface area contributed by atoms with E-state index in [2.05, 4.69) is 10.8 Å². The zero-order chi connectivity index (χ0) is 7.49. The molecule has 0 aliphatic rings. The Bertz CT molecular complexity index is 107. The summed E-state index contributed by atoms with van der Waals surface area (Å²) >= 11 is 0. The monoisotopic (exact) mass is 170 g/mol. The fourth-order valence-electron chi connectivity index (χ4n) is 0.215. The number of hydrogen-bond acceptors (Lipinski definition) is 1. The van der Waals surface area contributed by atoms with E-state index in [0.29, 0.717) is 0 Å². The van der Waals surface area contributed by atoms with Gasteiger partial charge < -0.3 is 4.21 Å². The van der Waals surface area contributed by atoms with Crippen LogP contribution >= 0.6 is 8.77 Å². The minimum absolute atomic E-state index is 1.49. The lowest BCUT2D eigenvalue weighted by Gasteiger charge is -2.14. The van der Waals surface area contributed by atoms with E-state index in [-0.39, 0.29) is 0 Å². The van der Waals surface area contributed by atoms with Gasteiger partial charge >= 0.3 is 8.77 Å². The van der Waals surface area contributed by atoms with Crippen LogP contribution in [0.4, 0.5) is 8.39 Å². The van der Waals surface area contributed by atoms with Crippen LogP contribution in [0.15, 0.2) is 12.3 Å². The number of halogens is 2. The van der Waals surface area contributed by atoms with E-state index in [1.165, 1.54) is 5.70 Å². The van der Waals surface area contributed by atoms with E-state index >= 15 is 0 Å². The molecule has 0 radical (unpaired) electrons. The van der Waals surface area contributed by atoms with Crippen molar-refractivity contribution in [2.75, 3.05) is 0 Å². The fourth-order valence-corrected chi connectivity index (χ4v) is 1.94. The SMILES string of the molecule is C=C[Si](C)(C)OP(F)F. The van der Waals surface area contributed by atoms with E-state index in [1.54, 1.807) is 13.1 Å². The average Bonchev–Trinajstić information content (AvgIpc) is 1.63. The summed E-state index contributed by atoms with van der Waals surface area (Å²) in [4.78, 5) is 0. The number of rotatable bonds is 3. The fraction of sp³-hybridized carbons (Fsp3) is 0.500. The van der Waals surface area contributed by atoms with Crippen molar-refractivity contribution in [1.82, 2.24) is 0 Å². The lowest BCUT2D eigenvalue weighted by molar-refractivity contribution is 0.510. The zero-order valence-electron chi connectivity index (χ0n) is 5.40. The van der Waals surface area contributed by atoms with Crippen molar-refractivity contribution in [2.45, 2.75) is 13.1 Å². The van der Waals surface area contributed by atoms with Crippen LogP contribution in [0.2, 0.25) is 13.1 Å². The Kier molecular flexibility index (Phi) is 3.47. The minimum atomic E-state index is -3.20. The Morgan fingerprint density at radius 1 is 1.56 bits per heavy atom. The van der Waals surface area contributed by atoms with Crippen molar-refractivity contribution >= 4 is 17.1 Å². The molecule has 0 heterocycles. The highest BCUT2D eigenvalue weighted by Crippen LogP contribution is 2.43. The molecular formula is C4H9F2OPSi. The Labute approximate surface area is 55.9 Å². The summed E-state index contributed by atoms with van der Waals surface area (Å²) in [5.74, 6) is 0. The second-order valence-electron chi connectivity index (χ2n) is 2.10. The average molecular weight is 170 g/mol. The smallest absolute Gasteiger partial charge is 0.344 e. The summed E-state index contributed by atoms with van der Waals surface area (Å²) < 4.78 is 27.4. The van der Waals surface area contributed by atoms with Crippen LogP contribution in [-0.4, -0.2) is 8.32 Å². The van der Waals surface area contributed by atoms with Gasteiger partial charge in [-0.2, -0.15) is 8.39 Å². The van der Waals surface area contributed by atoms with E-state index in [4.69, 9.17) is 0 Å². The van der Waals surface area contributed by atoms with Gasteiger partial charge in [-0.1, -0.05) is 5.70 Å². The van der Waals surface area contributed by atoms with Crippen molar-refractivity contribution in [1.29, 1.82) is 0 Å². The molecule has 0 atom stereocenters. The maximum atomic E-state index is 11.5. The van der Waals surface area contributed by atoms with Gasteiger partial charge in [-0.05, 0) is 13.1 Å². The van der Waals surface area contributed by atoms with Crippen LogP contribution < -0.4 is 0 Å². The maximum Gasteiger partial charge on any atom is 0.405 e. The molecule has 0 bridgehead atoms. The molecule has 0 unspecified atom stereocenters. The first-order valence-electron chi connectivity index (χ1n) is 2.42. The topological polar surface area (TPSA) is 9.23 Å². The highest BCUT2D eigenvalue weighted by atomic mass is 31.2. The first-order valence-corrected chi connectivity index (χ1v) is 6.45. The lowest BCUT2D eigenvalue weighted by atomic mass is 11.3. The quantitative estimate of drug-likeness (QED) is 0.467. The Balaban J connectivity index is 3.71. The normalized spacial score (nSPS) is 12.1. The van der Waals surface area contributed by atoms with Crippen molar-refractivity contribution in [2.24, 2.45) is 0 Å². The maximum absolute atomic E-state index is 11.5. The molecule has 0 amide bonds. The molecular weight excluding hydrogens is 161 g/mol. The van der Waals surface area contributed by atoms with Crippen molar-refractivity contribution in [3.8, 4) is 0 Å². The third-order valence-corrected chi connectivity index (χ3v) is 4.21. The number of hydrogen-bond donors (Lipinski definition) is 0. The molecule has 5 heteroatoms. The third-order valence-electron chi connectivity index (χ3n) is 0.796. The molecule has 0 N–H and O–H groups in total. The first-order chi connectivity index (χ1) is 3.98. The molecule has 9 heavy (non-hydrogen) atoms. The molecule has 0 saturated heterocycles. The second-order valence-corrected chi connectivity index (χ2v) is 6.85. The molecule has 0 aromatic heterocycles. The molecule has 0 aliphatic heterocycles. The van der Waals surface area contributed by atoms with Gasteiger partial charge in [0, 0.05) is 0 Å². The van der Waals surface area contributed by atoms with Gasteiger partial charge in [0.15, 0.2) is 0 Å². The molecule has 0 aromatic carbocycles. The summed E-state index contributed by atoms with van der Waals surface area (Å²) in [5.41, 5.74) is 1.49. The minimum Gasteiger partial charge on any atom is -0.344 e. The van der Waals surface area contributed by atoms with Gasteiger partial charge in [0.2, 0.25) is 8.32 Å². The van der Waals surface area contributed by atoms with Crippen LogP contribution in [0.1, 0.15) is 0 Å². The van der Waals surface area contributed by atoms with Crippen LogP contribution in [-0.2, 0) is 4.21 Å². The van der Waals surface area contributed by atoms with E-state index in [1.807, 2.05) is 0 Å². The van der Waals surface area contributed by atoms with E-state index in [0.717, 1.165) is 0 Å². The van der Waals surface area contributed by atoms with E-state index < -0.39 is 17.1 Å². The molecule has 54 valence electrons. The highest BCUT2D eigenvalue weighted by molar-refractivity contribution is 7.43. The standard InChI is InChI=1S/C4H9F2OPSi/c1-4-9(2,3)7-8(5)6/h4H,1H2,2-3H3. The zero-order valence-corrected chi connectivity index (χ0v) is 7.29. The van der Waals surface area contributed by atoms with Crippen molar-refractivity contribution < 1.29 is 12.6 Å². The van der Waals surface area contributed by atoms with Gasteiger partial charge in [0.05, 0.1) is 0 Å². The van der Waals surface area contributed by atoms with Gasteiger partial charge in [-0.3, -0.25) is 0 Å².